The van der Waals surface area contributed by atoms with Crippen molar-refractivity contribution in [1.82, 2.24) is 15.0 Å². The topological polar surface area (TPSA) is 41.9 Å². The first-order valence-corrected chi connectivity index (χ1v) is 10.6. The van der Waals surface area contributed by atoms with E-state index in [-0.39, 0.29) is 0 Å². The number of hydrogen-bond acceptors (Lipinski definition) is 4. The van der Waals surface area contributed by atoms with Gasteiger partial charge in [0.2, 0.25) is 0 Å². The fourth-order valence-corrected chi connectivity index (χ4v) is 3.27. The van der Waals surface area contributed by atoms with Crippen molar-refractivity contribution < 1.29 is 0 Å². The van der Waals surface area contributed by atoms with E-state index in [0.717, 1.165) is 65.5 Å². The summed E-state index contributed by atoms with van der Waals surface area (Å²) in [5.74, 6) is 1.88. The Labute approximate surface area is 171 Å². The SMILES string of the molecule is C=CN(C)c1nc(-c2ccc(C(C)C)nc2CC)c(CC)nc1C[C@H](C)CC. The minimum Gasteiger partial charge on any atom is -0.335 e. The van der Waals surface area contributed by atoms with Gasteiger partial charge in [-0.2, -0.15) is 0 Å². The summed E-state index contributed by atoms with van der Waals surface area (Å²) in [6, 6.07) is 4.31. The molecule has 152 valence electrons. The van der Waals surface area contributed by atoms with E-state index >= 15 is 0 Å². The Hall–Kier alpha value is -2.23. The summed E-state index contributed by atoms with van der Waals surface area (Å²) in [6.07, 6.45) is 5.59. The lowest BCUT2D eigenvalue weighted by molar-refractivity contribution is 0.550. The minimum absolute atomic E-state index is 0.413. The Morgan fingerprint density at radius 1 is 0.964 bits per heavy atom. The number of aromatic nitrogens is 3. The quantitative estimate of drug-likeness (QED) is 0.538. The first kappa shape index (κ1) is 22.1. The van der Waals surface area contributed by atoms with Crippen LogP contribution in [0.5, 0.6) is 0 Å². The number of rotatable bonds is 9. The molecule has 2 heterocycles. The average Bonchev–Trinajstić information content (AvgIpc) is 2.72. The van der Waals surface area contributed by atoms with Crippen LogP contribution < -0.4 is 4.90 Å². The zero-order valence-corrected chi connectivity index (χ0v) is 18.7. The van der Waals surface area contributed by atoms with Gasteiger partial charge >= 0.3 is 0 Å². The predicted molar refractivity (Wildman–Crippen MR) is 120 cm³/mol. The van der Waals surface area contributed by atoms with Crippen molar-refractivity contribution in [2.24, 2.45) is 5.92 Å². The number of anilines is 1. The molecule has 0 aliphatic rings. The molecule has 0 bridgehead atoms. The van der Waals surface area contributed by atoms with Gasteiger partial charge in [-0.3, -0.25) is 9.97 Å². The standard InChI is InChI=1S/C24H36N4/c1-9-17(7)15-22-24(28(8)12-4)27-23(20(11-3)26-22)18-13-14-21(16(5)6)25-19(18)10-2/h12-14,16-17H,4,9-11,15H2,1-3,5-8H3/t17-/m1/s1. The van der Waals surface area contributed by atoms with E-state index in [2.05, 4.69) is 60.3 Å². The normalized spacial score (nSPS) is 12.3. The molecule has 2 rings (SSSR count). The lowest BCUT2D eigenvalue weighted by atomic mass is 9.99. The van der Waals surface area contributed by atoms with Gasteiger partial charge in [-0.15, -0.1) is 0 Å². The van der Waals surface area contributed by atoms with Crippen LogP contribution >= 0.6 is 0 Å². The van der Waals surface area contributed by atoms with Gasteiger partial charge < -0.3 is 4.90 Å². The lowest BCUT2D eigenvalue weighted by Crippen LogP contribution is -2.17. The van der Waals surface area contributed by atoms with Crippen molar-refractivity contribution in [3.63, 3.8) is 0 Å². The Morgan fingerprint density at radius 2 is 1.64 bits per heavy atom. The molecule has 2 aromatic heterocycles. The zero-order valence-electron chi connectivity index (χ0n) is 18.7. The molecule has 2 aromatic rings. The van der Waals surface area contributed by atoms with Gasteiger partial charge in [0.1, 0.15) is 0 Å². The molecule has 0 N–H and O–H groups in total. The molecule has 0 aromatic carbocycles. The van der Waals surface area contributed by atoms with Crippen molar-refractivity contribution in [3.8, 4) is 11.3 Å². The highest BCUT2D eigenvalue weighted by atomic mass is 15.2. The third-order valence-electron chi connectivity index (χ3n) is 5.38. The van der Waals surface area contributed by atoms with Crippen LogP contribution in [0.25, 0.3) is 11.3 Å². The van der Waals surface area contributed by atoms with E-state index in [4.69, 9.17) is 15.0 Å². The van der Waals surface area contributed by atoms with Crippen LogP contribution in [0.3, 0.4) is 0 Å². The van der Waals surface area contributed by atoms with Crippen molar-refractivity contribution in [2.45, 2.75) is 73.1 Å². The molecule has 0 spiro atoms. The smallest absolute Gasteiger partial charge is 0.154 e. The average molecular weight is 381 g/mol. The second-order valence-electron chi connectivity index (χ2n) is 7.89. The predicted octanol–water partition coefficient (Wildman–Crippen LogP) is 5.96. The summed E-state index contributed by atoms with van der Waals surface area (Å²) in [6.45, 7) is 17.1. The molecule has 4 nitrogen and oxygen atoms in total. The van der Waals surface area contributed by atoms with E-state index in [1.807, 2.05) is 11.9 Å². The molecule has 4 heteroatoms. The summed E-state index contributed by atoms with van der Waals surface area (Å²) in [4.78, 5) is 17.1. The van der Waals surface area contributed by atoms with Crippen molar-refractivity contribution in [3.05, 3.63) is 47.7 Å². The molecule has 0 saturated carbocycles. The van der Waals surface area contributed by atoms with Crippen LogP contribution in [0, 0.1) is 5.92 Å². The molecule has 0 aliphatic heterocycles. The summed E-state index contributed by atoms with van der Waals surface area (Å²) in [5, 5.41) is 0. The largest absolute Gasteiger partial charge is 0.335 e. The Balaban J connectivity index is 2.68. The van der Waals surface area contributed by atoms with Crippen LogP contribution in [-0.2, 0) is 19.3 Å². The molecular formula is C24H36N4. The van der Waals surface area contributed by atoms with Gasteiger partial charge in [0, 0.05) is 24.0 Å². The summed E-state index contributed by atoms with van der Waals surface area (Å²) < 4.78 is 0. The van der Waals surface area contributed by atoms with Gasteiger partial charge in [0.15, 0.2) is 5.82 Å². The maximum absolute atomic E-state index is 5.11. The molecule has 1 atom stereocenters. The van der Waals surface area contributed by atoms with Crippen molar-refractivity contribution in [1.29, 1.82) is 0 Å². The van der Waals surface area contributed by atoms with E-state index in [1.54, 1.807) is 6.20 Å². The molecule has 0 saturated heterocycles. The van der Waals surface area contributed by atoms with Gasteiger partial charge in [0.05, 0.1) is 17.1 Å². The number of hydrogen-bond donors (Lipinski definition) is 0. The number of aryl methyl sites for hydroxylation is 2. The third-order valence-corrected chi connectivity index (χ3v) is 5.38. The van der Waals surface area contributed by atoms with Gasteiger partial charge in [0.25, 0.3) is 0 Å². The van der Waals surface area contributed by atoms with Crippen LogP contribution in [0.15, 0.2) is 24.9 Å². The van der Waals surface area contributed by atoms with E-state index in [1.165, 1.54) is 0 Å². The third kappa shape index (κ3) is 4.78. The molecule has 0 radical (unpaired) electrons. The fourth-order valence-electron chi connectivity index (χ4n) is 3.27. The lowest BCUT2D eigenvalue weighted by Gasteiger charge is -2.22. The minimum atomic E-state index is 0.413. The van der Waals surface area contributed by atoms with Crippen molar-refractivity contribution >= 4 is 5.82 Å². The van der Waals surface area contributed by atoms with Crippen LogP contribution in [0.4, 0.5) is 5.82 Å². The van der Waals surface area contributed by atoms with E-state index in [9.17, 15) is 0 Å². The Bertz CT molecular complexity index is 810. The molecule has 28 heavy (non-hydrogen) atoms. The zero-order chi connectivity index (χ0) is 20.8. The summed E-state index contributed by atoms with van der Waals surface area (Å²) in [7, 11) is 1.99. The molecule has 0 amide bonds. The van der Waals surface area contributed by atoms with Crippen LogP contribution in [-0.4, -0.2) is 22.0 Å². The van der Waals surface area contributed by atoms with Gasteiger partial charge in [-0.05, 0) is 49.4 Å². The first-order valence-electron chi connectivity index (χ1n) is 10.6. The molecule has 0 fully saturated rings. The summed E-state index contributed by atoms with van der Waals surface area (Å²) in [5.41, 5.74) is 6.39. The number of nitrogens with zero attached hydrogens (tertiary/aromatic N) is 4. The maximum atomic E-state index is 5.11. The van der Waals surface area contributed by atoms with E-state index < -0.39 is 0 Å². The van der Waals surface area contributed by atoms with Crippen LogP contribution in [0.1, 0.15) is 76.7 Å². The highest BCUT2D eigenvalue weighted by Crippen LogP contribution is 2.30. The molecular weight excluding hydrogens is 344 g/mol. The van der Waals surface area contributed by atoms with Gasteiger partial charge in [-0.25, -0.2) is 4.98 Å². The molecule has 0 aliphatic carbocycles. The highest BCUT2D eigenvalue weighted by Gasteiger charge is 2.20. The maximum Gasteiger partial charge on any atom is 0.154 e. The van der Waals surface area contributed by atoms with Crippen molar-refractivity contribution in [2.75, 3.05) is 11.9 Å². The Kier molecular flexibility index (Phi) is 7.73. The van der Waals surface area contributed by atoms with Gasteiger partial charge in [-0.1, -0.05) is 54.5 Å². The second kappa shape index (κ2) is 9.81. The Morgan fingerprint density at radius 3 is 2.18 bits per heavy atom. The second-order valence-corrected chi connectivity index (χ2v) is 7.89. The fraction of sp³-hybridized carbons (Fsp3) is 0.542. The molecule has 0 unspecified atom stereocenters. The summed E-state index contributed by atoms with van der Waals surface area (Å²) >= 11 is 0. The highest BCUT2D eigenvalue weighted by molar-refractivity contribution is 5.67. The number of pyridine rings is 1. The van der Waals surface area contributed by atoms with E-state index in [0.29, 0.717) is 11.8 Å². The monoisotopic (exact) mass is 380 g/mol. The first-order chi connectivity index (χ1) is 13.4. The van der Waals surface area contributed by atoms with Crippen LogP contribution in [0.2, 0.25) is 0 Å².